The molecule has 0 bridgehead atoms. The van der Waals surface area contributed by atoms with Gasteiger partial charge < -0.3 is 23.9 Å². The lowest BCUT2D eigenvalue weighted by atomic mass is 10.1. The summed E-state index contributed by atoms with van der Waals surface area (Å²) in [7, 11) is 1.22. The summed E-state index contributed by atoms with van der Waals surface area (Å²) in [5.41, 5.74) is 0.451. The lowest BCUT2D eigenvalue weighted by Gasteiger charge is -2.06. The number of anilines is 1. The molecule has 0 atom stereocenters. The number of hydrogen-bond donors (Lipinski definition) is 1. The topological polar surface area (TPSA) is 104 Å². The molecule has 32 heavy (non-hydrogen) atoms. The number of amides is 1. The largest absolute Gasteiger partial charge is 0.484 e. The first-order valence-electron chi connectivity index (χ1n) is 9.51. The second-order valence-electron chi connectivity index (χ2n) is 6.41. The maximum Gasteiger partial charge on any atom is 0.348 e. The van der Waals surface area contributed by atoms with Crippen molar-refractivity contribution in [1.29, 1.82) is 0 Å². The van der Waals surface area contributed by atoms with Gasteiger partial charge in [-0.3, -0.25) is 4.79 Å². The summed E-state index contributed by atoms with van der Waals surface area (Å²) in [6.07, 6.45) is 0. The Hall–Kier alpha value is -3.30. The summed E-state index contributed by atoms with van der Waals surface area (Å²) in [6.45, 7) is 3.50. The van der Waals surface area contributed by atoms with E-state index >= 15 is 0 Å². The van der Waals surface area contributed by atoms with Crippen LogP contribution in [0.4, 0.5) is 5.00 Å². The van der Waals surface area contributed by atoms with E-state index in [0.717, 1.165) is 11.3 Å². The van der Waals surface area contributed by atoms with Gasteiger partial charge in [0.25, 0.3) is 5.91 Å². The van der Waals surface area contributed by atoms with Gasteiger partial charge in [0.1, 0.15) is 28.0 Å². The van der Waals surface area contributed by atoms with Gasteiger partial charge in [-0.05, 0) is 43.7 Å². The van der Waals surface area contributed by atoms with Crippen LogP contribution in [0.15, 0.2) is 40.8 Å². The Morgan fingerprint density at radius 2 is 1.88 bits per heavy atom. The molecule has 0 aliphatic carbocycles. The maximum absolute atomic E-state index is 12.7. The molecule has 2 aromatic heterocycles. The van der Waals surface area contributed by atoms with Crippen LogP contribution in [0.1, 0.15) is 48.8 Å². The first-order valence-corrected chi connectivity index (χ1v) is 10.7. The van der Waals surface area contributed by atoms with E-state index in [1.54, 1.807) is 44.2 Å². The van der Waals surface area contributed by atoms with Crippen molar-refractivity contribution in [2.45, 2.75) is 20.5 Å². The molecule has 3 rings (SSSR count). The second kappa shape index (κ2) is 10.3. The molecule has 0 spiro atoms. The van der Waals surface area contributed by atoms with Crippen molar-refractivity contribution in [3.63, 3.8) is 0 Å². The molecule has 0 saturated heterocycles. The van der Waals surface area contributed by atoms with Crippen LogP contribution in [-0.4, -0.2) is 31.6 Å². The first kappa shape index (κ1) is 23.4. The molecule has 0 saturated carbocycles. The molecule has 3 aromatic rings. The third-order valence-electron chi connectivity index (χ3n) is 4.32. The van der Waals surface area contributed by atoms with E-state index in [4.69, 9.17) is 30.2 Å². The van der Waals surface area contributed by atoms with Crippen molar-refractivity contribution in [3.05, 3.63) is 68.9 Å². The fraction of sp³-hybridized carbons (Fsp3) is 0.227. The molecular formula is C22H20ClNO7S. The number of benzene rings is 1. The molecule has 2 heterocycles. The summed E-state index contributed by atoms with van der Waals surface area (Å²) < 4.78 is 21.0. The van der Waals surface area contributed by atoms with Gasteiger partial charge in [0, 0.05) is 0 Å². The minimum Gasteiger partial charge on any atom is -0.484 e. The van der Waals surface area contributed by atoms with Crippen molar-refractivity contribution in [2.24, 2.45) is 0 Å². The molecule has 10 heteroatoms. The standard InChI is InChI=1S/C22H20ClNO7S/c1-4-29-22(27)18-12(2)17(21(26)28-3)20(32-18)24-19(25)16-10-9-13(31-16)11-30-15-8-6-5-7-14(15)23/h5-10H,4,11H2,1-3H3,(H,24,25). The monoisotopic (exact) mass is 477 g/mol. The predicted molar refractivity (Wildman–Crippen MR) is 119 cm³/mol. The van der Waals surface area contributed by atoms with Crippen molar-refractivity contribution in [1.82, 2.24) is 0 Å². The number of nitrogens with one attached hydrogen (secondary N) is 1. The zero-order valence-corrected chi connectivity index (χ0v) is 19.1. The van der Waals surface area contributed by atoms with Crippen molar-refractivity contribution in [2.75, 3.05) is 19.0 Å². The molecule has 8 nitrogen and oxygen atoms in total. The van der Waals surface area contributed by atoms with E-state index in [-0.39, 0.29) is 34.4 Å². The quantitative estimate of drug-likeness (QED) is 0.450. The van der Waals surface area contributed by atoms with Crippen LogP contribution in [0.2, 0.25) is 5.02 Å². The number of thiophene rings is 1. The second-order valence-corrected chi connectivity index (χ2v) is 7.84. The van der Waals surface area contributed by atoms with Gasteiger partial charge in [0.15, 0.2) is 5.76 Å². The van der Waals surface area contributed by atoms with Crippen LogP contribution in [-0.2, 0) is 16.1 Å². The highest BCUT2D eigenvalue weighted by Gasteiger charge is 2.27. The number of furan rings is 1. The van der Waals surface area contributed by atoms with Gasteiger partial charge in [0.2, 0.25) is 0 Å². The van der Waals surface area contributed by atoms with Crippen molar-refractivity contribution < 1.29 is 33.0 Å². The number of esters is 2. The highest BCUT2D eigenvalue weighted by molar-refractivity contribution is 7.18. The Morgan fingerprint density at radius 1 is 1.12 bits per heavy atom. The molecule has 1 N–H and O–H groups in total. The van der Waals surface area contributed by atoms with Gasteiger partial charge in [-0.2, -0.15) is 0 Å². The normalized spacial score (nSPS) is 10.5. The van der Waals surface area contributed by atoms with Crippen LogP contribution in [0.25, 0.3) is 0 Å². The molecule has 0 aliphatic rings. The van der Waals surface area contributed by atoms with E-state index in [2.05, 4.69) is 5.32 Å². The van der Waals surface area contributed by atoms with Gasteiger partial charge in [0.05, 0.1) is 24.3 Å². The average Bonchev–Trinajstić information content (AvgIpc) is 3.37. The number of para-hydroxylation sites is 1. The Kier molecular flexibility index (Phi) is 7.55. The van der Waals surface area contributed by atoms with Gasteiger partial charge in [-0.15, -0.1) is 11.3 Å². The Labute approximate surface area is 193 Å². The van der Waals surface area contributed by atoms with Crippen LogP contribution in [0.3, 0.4) is 0 Å². The third kappa shape index (κ3) is 5.12. The number of methoxy groups -OCH3 is 1. The summed E-state index contributed by atoms with van der Waals surface area (Å²) in [6, 6.07) is 10.1. The molecule has 0 fully saturated rings. The summed E-state index contributed by atoms with van der Waals surface area (Å²) >= 11 is 6.98. The SMILES string of the molecule is CCOC(=O)c1sc(NC(=O)c2ccc(COc3ccccc3Cl)o2)c(C(=O)OC)c1C. The number of carbonyl (C=O) groups is 3. The Bertz CT molecular complexity index is 1150. The molecule has 1 amide bonds. The third-order valence-corrected chi connectivity index (χ3v) is 5.82. The zero-order chi connectivity index (χ0) is 23.3. The van der Waals surface area contributed by atoms with E-state index in [0.29, 0.717) is 22.1 Å². The van der Waals surface area contributed by atoms with E-state index in [1.165, 1.54) is 13.2 Å². The predicted octanol–water partition coefficient (Wildman–Crippen LogP) is 5.10. The van der Waals surface area contributed by atoms with E-state index in [9.17, 15) is 14.4 Å². The first-order chi connectivity index (χ1) is 15.3. The maximum atomic E-state index is 12.7. The van der Waals surface area contributed by atoms with Crippen molar-refractivity contribution >= 4 is 45.8 Å². The smallest absolute Gasteiger partial charge is 0.348 e. The lowest BCUT2D eigenvalue weighted by molar-refractivity contribution is 0.0531. The van der Waals surface area contributed by atoms with Gasteiger partial charge in [-0.25, -0.2) is 9.59 Å². The number of carbonyl (C=O) groups excluding carboxylic acids is 3. The highest BCUT2D eigenvalue weighted by atomic mass is 35.5. The molecule has 1 aromatic carbocycles. The van der Waals surface area contributed by atoms with Crippen LogP contribution in [0.5, 0.6) is 5.75 Å². The van der Waals surface area contributed by atoms with Crippen molar-refractivity contribution in [3.8, 4) is 5.75 Å². The number of halogens is 1. The van der Waals surface area contributed by atoms with Crippen LogP contribution < -0.4 is 10.1 Å². The van der Waals surface area contributed by atoms with Gasteiger partial charge >= 0.3 is 11.9 Å². The molecular weight excluding hydrogens is 458 g/mol. The minimum absolute atomic E-state index is 0.00214. The number of ether oxygens (including phenoxy) is 3. The average molecular weight is 478 g/mol. The van der Waals surface area contributed by atoms with E-state index < -0.39 is 17.8 Å². The fourth-order valence-corrected chi connectivity index (χ4v) is 4.07. The molecule has 168 valence electrons. The van der Waals surface area contributed by atoms with Crippen LogP contribution in [0, 0.1) is 6.92 Å². The van der Waals surface area contributed by atoms with Crippen LogP contribution >= 0.6 is 22.9 Å². The number of rotatable bonds is 8. The Morgan fingerprint density at radius 3 is 2.56 bits per heavy atom. The molecule has 0 unspecified atom stereocenters. The number of hydrogen-bond acceptors (Lipinski definition) is 8. The Balaban J connectivity index is 1.77. The molecule has 0 radical (unpaired) electrons. The summed E-state index contributed by atoms with van der Waals surface area (Å²) in [5.74, 6) is -0.980. The minimum atomic E-state index is -0.683. The zero-order valence-electron chi connectivity index (χ0n) is 17.5. The lowest BCUT2D eigenvalue weighted by Crippen LogP contribution is -2.13. The molecule has 0 aliphatic heterocycles. The van der Waals surface area contributed by atoms with E-state index in [1.807, 2.05) is 0 Å². The summed E-state index contributed by atoms with van der Waals surface area (Å²) in [5, 5.41) is 3.23. The van der Waals surface area contributed by atoms with Gasteiger partial charge in [-0.1, -0.05) is 23.7 Å². The fourth-order valence-electron chi connectivity index (χ4n) is 2.79. The summed E-state index contributed by atoms with van der Waals surface area (Å²) in [4.78, 5) is 37.4. The highest BCUT2D eigenvalue weighted by Crippen LogP contribution is 2.34.